The lowest BCUT2D eigenvalue weighted by Gasteiger charge is -2.38. The van der Waals surface area contributed by atoms with E-state index in [9.17, 15) is 18.0 Å². The van der Waals surface area contributed by atoms with E-state index in [-0.39, 0.29) is 35.1 Å². The molecule has 1 saturated heterocycles. The molecule has 2 aromatic rings. The minimum Gasteiger partial charge on any atom is -0.452 e. The smallest absolute Gasteiger partial charge is 0.344 e. The van der Waals surface area contributed by atoms with Crippen LogP contribution >= 0.6 is 0 Å². The van der Waals surface area contributed by atoms with Gasteiger partial charge in [0, 0.05) is 24.5 Å². The van der Waals surface area contributed by atoms with Gasteiger partial charge in [0.05, 0.1) is 17.2 Å². The topological polar surface area (TPSA) is 111 Å². The lowest BCUT2D eigenvalue weighted by Crippen LogP contribution is -2.50. The Bertz CT molecular complexity index is 1060. The van der Waals surface area contributed by atoms with Crippen LogP contribution in [0.25, 0.3) is 5.65 Å². The molecule has 4 rings (SSSR count). The van der Waals surface area contributed by atoms with Gasteiger partial charge in [-0.05, 0) is 32.3 Å². The maximum absolute atomic E-state index is 13.1. The Labute approximate surface area is 175 Å². The van der Waals surface area contributed by atoms with Gasteiger partial charge in [-0.2, -0.15) is 5.10 Å². The van der Waals surface area contributed by atoms with Crippen molar-refractivity contribution in [3.63, 3.8) is 0 Å². The molecule has 2 fully saturated rings. The summed E-state index contributed by atoms with van der Waals surface area (Å²) >= 11 is 0. The van der Waals surface area contributed by atoms with Gasteiger partial charge in [-0.25, -0.2) is 22.7 Å². The Balaban J connectivity index is 1.49. The zero-order valence-corrected chi connectivity index (χ0v) is 17.8. The molecule has 0 bridgehead atoms. The van der Waals surface area contributed by atoms with Crippen molar-refractivity contribution in [2.75, 3.05) is 18.1 Å². The maximum atomic E-state index is 13.1. The summed E-state index contributed by atoms with van der Waals surface area (Å²) in [5.41, 5.74) is 1.08. The quantitative estimate of drug-likeness (QED) is 0.656. The van der Waals surface area contributed by atoms with E-state index in [1.807, 2.05) is 0 Å². The first kappa shape index (κ1) is 20.8. The van der Waals surface area contributed by atoms with Crippen LogP contribution in [0, 0.1) is 6.92 Å². The summed E-state index contributed by atoms with van der Waals surface area (Å²) < 4.78 is 30.8. The van der Waals surface area contributed by atoms with E-state index in [2.05, 4.69) is 10.1 Å². The molecule has 0 N–H and O–H groups in total. The Morgan fingerprint density at radius 2 is 1.97 bits per heavy atom. The molecule has 2 aliphatic rings. The second-order valence-corrected chi connectivity index (χ2v) is 10.3. The SMILES string of the molecule is Cc1nn2cccnc2c1C(=O)OCC(=O)N(C1CCCCC1)C1CCS(=O)(=O)C1. The zero-order chi connectivity index (χ0) is 21.3. The number of ether oxygens (including phenoxy) is 1. The Morgan fingerprint density at radius 3 is 2.67 bits per heavy atom. The highest BCUT2D eigenvalue weighted by atomic mass is 32.2. The van der Waals surface area contributed by atoms with Crippen LogP contribution < -0.4 is 0 Å². The van der Waals surface area contributed by atoms with Crippen molar-refractivity contribution < 1.29 is 22.7 Å². The van der Waals surface area contributed by atoms with Gasteiger partial charge >= 0.3 is 5.97 Å². The van der Waals surface area contributed by atoms with Gasteiger partial charge in [-0.15, -0.1) is 0 Å². The average Bonchev–Trinajstić information content (AvgIpc) is 3.25. The molecule has 0 radical (unpaired) electrons. The first-order chi connectivity index (χ1) is 14.4. The van der Waals surface area contributed by atoms with Gasteiger partial charge in [0.1, 0.15) is 5.56 Å². The van der Waals surface area contributed by atoms with Gasteiger partial charge in [0.2, 0.25) is 0 Å². The molecule has 0 aromatic carbocycles. The van der Waals surface area contributed by atoms with E-state index in [0.29, 0.717) is 17.8 Å². The normalized spacial score (nSPS) is 21.6. The molecule has 0 spiro atoms. The molecular formula is C20H26N4O5S. The minimum absolute atomic E-state index is 0.00336. The van der Waals surface area contributed by atoms with E-state index < -0.39 is 22.4 Å². The molecule has 9 nitrogen and oxygen atoms in total. The fourth-order valence-electron chi connectivity index (χ4n) is 4.57. The molecule has 1 aliphatic heterocycles. The second-order valence-electron chi connectivity index (χ2n) is 8.07. The Hall–Kier alpha value is -2.49. The average molecular weight is 435 g/mol. The zero-order valence-electron chi connectivity index (χ0n) is 17.0. The van der Waals surface area contributed by atoms with E-state index in [1.165, 1.54) is 4.52 Å². The van der Waals surface area contributed by atoms with Crippen molar-refractivity contribution in [2.24, 2.45) is 0 Å². The number of carbonyl (C=O) groups is 2. The molecule has 1 aliphatic carbocycles. The number of rotatable bonds is 5. The van der Waals surface area contributed by atoms with Crippen LogP contribution in [0.1, 0.15) is 54.6 Å². The molecule has 10 heteroatoms. The summed E-state index contributed by atoms with van der Waals surface area (Å²) in [6, 6.07) is 1.36. The molecule has 1 saturated carbocycles. The number of nitrogens with zero attached hydrogens (tertiary/aromatic N) is 4. The summed E-state index contributed by atoms with van der Waals surface area (Å²) in [5, 5.41) is 4.24. The summed E-state index contributed by atoms with van der Waals surface area (Å²) in [4.78, 5) is 31.6. The van der Waals surface area contributed by atoms with Crippen molar-refractivity contribution >= 4 is 27.4 Å². The number of aryl methyl sites for hydroxylation is 1. The van der Waals surface area contributed by atoms with Gasteiger partial charge < -0.3 is 9.64 Å². The number of hydrogen-bond acceptors (Lipinski definition) is 7. The lowest BCUT2D eigenvalue weighted by atomic mass is 9.93. The van der Waals surface area contributed by atoms with Crippen LogP contribution in [0.4, 0.5) is 0 Å². The van der Waals surface area contributed by atoms with Gasteiger partial charge in [-0.1, -0.05) is 19.3 Å². The molecule has 162 valence electrons. The number of sulfone groups is 1. The fraction of sp³-hybridized carbons (Fsp3) is 0.600. The molecule has 3 heterocycles. The monoisotopic (exact) mass is 434 g/mol. The third-order valence-corrected chi connectivity index (χ3v) is 7.71. The number of aromatic nitrogens is 3. The standard InChI is InChI=1S/C20H26N4O5S/c1-14-18(19-21-9-5-10-23(19)22-14)20(26)29-12-17(25)24(15-6-3-2-4-7-15)16-8-11-30(27,28)13-16/h5,9-10,15-16H,2-4,6-8,11-13H2,1H3. The van der Waals surface area contributed by atoms with E-state index in [1.54, 1.807) is 30.3 Å². The Kier molecular flexibility index (Phi) is 5.77. The van der Waals surface area contributed by atoms with Gasteiger partial charge in [-0.3, -0.25) is 4.79 Å². The van der Waals surface area contributed by atoms with Crippen LogP contribution in [0.2, 0.25) is 0 Å². The van der Waals surface area contributed by atoms with Crippen LogP contribution in [-0.4, -0.2) is 70.0 Å². The number of hydrogen-bond donors (Lipinski definition) is 0. The largest absolute Gasteiger partial charge is 0.452 e. The fourth-order valence-corrected chi connectivity index (χ4v) is 6.28. The summed E-state index contributed by atoms with van der Waals surface area (Å²) in [7, 11) is -3.13. The van der Waals surface area contributed by atoms with E-state index in [0.717, 1.165) is 32.1 Å². The number of esters is 1. The summed E-state index contributed by atoms with van der Waals surface area (Å²) in [6.07, 6.45) is 8.54. The van der Waals surface area contributed by atoms with Crippen LogP contribution in [0.3, 0.4) is 0 Å². The van der Waals surface area contributed by atoms with Crippen molar-refractivity contribution in [1.29, 1.82) is 0 Å². The molecular weight excluding hydrogens is 408 g/mol. The highest BCUT2D eigenvalue weighted by Gasteiger charge is 2.38. The first-order valence-corrected chi connectivity index (χ1v) is 12.2. The van der Waals surface area contributed by atoms with Gasteiger partial charge in [0.15, 0.2) is 22.1 Å². The third kappa shape index (κ3) is 4.19. The van der Waals surface area contributed by atoms with Gasteiger partial charge in [0.25, 0.3) is 5.91 Å². The highest BCUT2D eigenvalue weighted by molar-refractivity contribution is 7.91. The summed E-state index contributed by atoms with van der Waals surface area (Å²) in [6.45, 7) is 1.26. The van der Waals surface area contributed by atoms with Crippen molar-refractivity contribution in [3.05, 3.63) is 29.7 Å². The molecule has 1 amide bonds. The van der Waals surface area contributed by atoms with Crippen LogP contribution in [0.15, 0.2) is 18.5 Å². The maximum Gasteiger partial charge on any atom is 0.344 e. The van der Waals surface area contributed by atoms with Crippen molar-refractivity contribution in [3.8, 4) is 0 Å². The number of amides is 1. The second kappa shape index (κ2) is 8.33. The minimum atomic E-state index is -3.13. The first-order valence-electron chi connectivity index (χ1n) is 10.3. The lowest BCUT2D eigenvalue weighted by molar-refractivity contribution is -0.140. The third-order valence-electron chi connectivity index (χ3n) is 5.96. The Morgan fingerprint density at radius 1 is 1.20 bits per heavy atom. The van der Waals surface area contributed by atoms with Crippen LogP contribution in [-0.2, 0) is 19.4 Å². The highest BCUT2D eigenvalue weighted by Crippen LogP contribution is 2.28. The van der Waals surface area contributed by atoms with Crippen molar-refractivity contribution in [1.82, 2.24) is 19.5 Å². The predicted molar refractivity (Wildman–Crippen MR) is 109 cm³/mol. The van der Waals surface area contributed by atoms with E-state index in [4.69, 9.17) is 4.74 Å². The van der Waals surface area contributed by atoms with E-state index >= 15 is 0 Å². The summed E-state index contributed by atoms with van der Waals surface area (Å²) in [5.74, 6) is -0.904. The molecule has 30 heavy (non-hydrogen) atoms. The molecule has 2 aromatic heterocycles. The predicted octanol–water partition coefficient (Wildman–Crippen LogP) is 1.54. The molecule has 1 unspecified atom stereocenters. The number of carbonyl (C=O) groups excluding carboxylic acids is 2. The number of fused-ring (bicyclic) bond motifs is 1. The van der Waals surface area contributed by atoms with Crippen LogP contribution in [0.5, 0.6) is 0 Å². The molecule has 1 atom stereocenters. The van der Waals surface area contributed by atoms with Crippen molar-refractivity contribution in [2.45, 2.75) is 57.5 Å².